The molecular weight excluding hydrogens is 436 g/mol. The Morgan fingerprint density at radius 1 is 1.00 bits per heavy atom. The third-order valence-corrected chi connectivity index (χ3v) is 7.72. The van der Waals surface area contributed by atoms with Gasteiger partial charge in [-0.25, -0.2) is 13.2 Å². The van der Waals surface area contributed by atoms with Crippen LogP contribution in [0.25, 0.3) is 0 Å². The largest absolute Gasteiger partial charge is 0.478 e. The van der Waals surface area contributed by atoms with E-state index < -0.39 is 16.0 Å². The fourth-order valence-electron chi connectivity index (χ4n) is 4.41. The van der Waals surface area contributed by atoms with Gasteiger partial charge in [-0.2, -0.15) is 0 Å². The van der Waals surface area contributed by atoms with Crippen molar-refractivity contribution < 1.29 is 18.3 Å². The summed E-state index contributed by atoms with van der Waals surface area (Å²) in [5, 5.41) is 9.45. The lowest BCUT2D eigenvalue weighted by molar-refractivity contribution is 0.0697. The lowest BCUT2D eigenvalue weighted by Gasteiger charge is -2.35. The molecule has 0 saturated carbocycles. The van der Waals surface area contributed by atoms with Crippen LogP contribution in [0.2, 0.25) is 0 Å². The number of sulfonamides is 1. The van der Waals surface area contributed by atoms with Crippen molar-refractivity contribution in [1.29, 1.82) is 0 Å². The molecule has 0 spiro atoms. The van der Waals surface area contributed by atoms with Gasteiger partial charge < -0.3 is 10.0 Å². The molecule has 1 heterocycles. The highest BCUT2D eigenvalue weighted by molar-refractivity contribution is 7.92. The Balaban J connectivity index is 1.56. The molecule has 0 aromatic heterocycles. The summed E-state index contributed by atoms with van der Waals surface area (Å²) < 4.78 is 28.9. The van der Waals surface area contributed by atoms with Crippen molar-refractivity contribution in [3.05, 3.63) is 89.5 Å². The van der Waals surface area contributed by atoms with E-state index in [1.807, 2.05) is 6.07 Å². The number of carboxylic acids is 1. The Kier molecular flexibility index (Phi) is 6.70. The van der Waals surface area contributed by atoms with Crippen molar-refractivity contribution in [2.75, 3.05) is 22.7 Å². The fraction of sp³-hybridized carbons (Fsp3) is 0.269. The molecule has 3 aromatic rings. The van der Waals surface area contributed by atoms with E-state index in [0.717, 1.165) is 32.4 Å². The average molecular weight is 465 g/mol. The first-order valence-electron chi connectivity index (χ1n) is 11.1. The number of rotatable bonds is 7. The predicted octanol–water partition coefficient (Wildman–Crippen LogP) is 4.95. The number of anilines is 2. The summed E-state index contributed by atoms with van der Waals surface area (Å²) in [5.74, 6) is -0.534. The SMILES string of the molecule is Cc1ccccc1S(=O)(=O)Nc1cc(C(=O)O)ccc1N1CCC(Cc2ccccc2)CC1. The summed E-state index contributed by atoms with van der Waals surface area (Å²) in [5.41, 5.74) is 2.99. The van der Waals surface area contributed by atoms with Crippen LogP contribution in [-0.2, 0) is 16.4 Å². The summed E-state index contributed by atoms with van der Waals surface area (Å²) >= 11 is 0. The van der Waals surface area contributed by atoms with Gasteiger partial charge >= 0.3 is 5.97 Å². The van der Waals surface area contributed by atoms with Crippen molar-refractivity contribution in [1.82, 2.24) is 0 Å². The second-order valence-corrected chi connectivity index (χ2v) is 10.2. The number of carbonyl (C=O) groups is 1. The number of carboxylic acid groups (broad SMARTS) is 1. The molecule has 0 amide bonds. The number of piperidine rings is 1. The first-order valence-corrected chi connectivity index (χ1v) is 12.6. The third kappa shape index (κ3) is 5.37. The number of hydrogen-bond acceptors (Lipinski definition) is 4. The van der Waals surface area contributed by atoms with E-state index >= 15 is 0 Å². The Hall–Kier alpha value is -3.32. The summed E-state index contributed by atoms with van der Waals surface area (Å²) in [6.45, 7) is 3.30. The van der Waals surface area contributed by atoms with Gasteiger partial charge in [0.25, 0.3) is 10.0 Å². The average Bonchev–Trinajstić information content (AvgIpc) is 2.80. The van der Waals surface area contributed by atoms with Crippen LogP contribution in [0.4, 0.5) is 11.4 Å². The van der Waals surface area contributed by atoms with Crippen LogP contribution < -0.4 is 9.62 Å². The van der Waals surface area contributed by atoms with E-state index in [1.165, 1.54) is 17.7 Å². The summed E-state index contributed by atoms with van der Waals surface area (Å²) in [4.78, 5) is 13.9. The lowest BCUT2D eigenvalue weighted by Crippen LogP contribution is -2.35. The highest BCUT2D eigenvalue weighted by Crippen LogP contribution is 2.33. The van der Waals surface area contributed by atoms with Crippen molar-refractivity contribution in [2.24, 2.45) is 5.92 Å². The maximum absolute atomic E-state index is 13.1. The number of aromatic carboxylic acids is 1. The van der Waals surface area contributed by atoms with Crippen LogP contribution in [-0.4, -0.2) is 32.6 Å². The minimum Gasteiger partial charge on any atom is -0.478 e. The molecule has 1 aliphatic heterocycles. The van der Waals surface area contributed by atoms with Gasteiger partial charge in [-0.3, -0.25) is 4.72 Å². The number of aryl methyl sites for hydroxylation is 1. The predicted molar refractivity (Wildman–Crippen MR) is 130 cm³/mol. The van der Waals surface area contributed by atoms with Crippen molar-refractivity contribution >= 4 is 27.4 Å². The van der Waals surface area contributed by atoms with Gasteiger partial charge in [-0.05, 0) is 67.5 Å². The molecule has 172 valence electrons. The first kappa shape index (κ1) is 22.9. The quantitative estimate of drug-likeness (QED) is 0.516. The fourth-order valence-corrected chi connectivity index (χ4v) is 5.72. The number of benzene rings is 3. The topological polar surface area (TPSA) is 86.7 Å². The van der Waals surface area contributed by atoms with Crippen LogP contribution in [0.15, 0.2) is 77.7 Å². The van der Waals surface area contributed by atoms with Crippen molar-refractivity contribution in [3.63, 3.8) is 0 Å². The van der Waals surface area contributed by atoms with E-state index in [4.69, 9.17) is 0 Å². The van der Waals surface area contributed by atoms with Gasteiger partial charge in [0.05, 0.1) is 21.8 Å². The van der Waals surface area contributed by atoms with Crippen LogP contribution in [0.5, 0.6) is 0 Å². The summed E-state index contributed by atoms with van der Waals surface area (Å²) in [7, 11) is -3.87. The molecule has 1 aliphatic rings. The monoisotopic (exact) mass is 464 g/mol. The molecule has 33 heavy (non-hydrogen) atoms. The zero-order valence-electron chi connectivity index (χ0n) is 18.6. The van der Waals surface area contributed by atoms with E-state index in [-0.39, 0.29) is 10.5 Å². The van der Waals surface area contributed by atoms with Crippen LogP contribution in [0.3, 0.4) is 0 Å². The maximum Gasteiger partial charge on any atom is 0.335 e. The molecule has 0 bridgehead atoms. The van der Waals surface area contributed by atoms with E-state index in [0.29, 0.717) is 22.9 Å². The van der Waals surface area contributed by atoms with E-state index in [9.17, 15) is 18.3 Å². The second-order valence-electron chi connectivity index (χ2n) is 8.53. The van der Waals surface area contributed by atoms with E-state index in [2.05, 4.69) is 33.9 Å². The number of hydrogen-bond donors (Lipinski definition) is 2. The second kappa shape index (κ2) is 9.67. The van der Waals surface area contributed by atoms with Gasteiger partial charge in [0.1, 0.15) is 0 Å². The molecule has 1 fully saturated rings. The van der Waals surface area contributed by atoms with Gasteiger partial charge in [0, 0.05) is 13.1 Å². The van der Waals surface area contributed by atoms with Crippen LogP contribution in [0.1, 0.15) is 34.3 Å². The van der Waals surface area contributed by atoms with Gasteiger partial charge in [0.2, 0.25) is 0 Å². The number of nitrogens with zero attached hydrogens (tertiary/aromatic N) is 1. The Morgan fingerprint density at radius 3 is 2.33 bits per heavy atom. The normalized spacial score (nSPS) is 14.8. The summed E-state index contributed by atoms with van der Waals surface area (Å²) in [6, 6.07) is 21.8. The number of nitrogens with one attached hydrogen (secondary N) is 1. The third-order valence-electron chi connectivity index (χ3n) is 6.19. The van der Waals surface area contributed by atoms with Crippen molar-refractivity contribution in [2.45, 2.75) is 31.1 Å². The van der Waals surface area contributed by atoms with Gasteiger partial charge in [-0.15, -0.1) is 0 Å². The minimum atomic E-state index is -3.87. The molecule has 4 rings (SSSR count). The zero-order valence-corrected chi connectivity index (χ0v) is 19.4. The smallest absolute Gasteiger partial charge is 0.335 e. The highest BCUT2D eigenvalue weighted by Gasteiger charge is 2.25. The minimum absolute atomic E-state index is 0.0418. The maximum atomic E-state index is 13.1. The molecule has 0 atom stereocenters. The zero-order chi connectivity index (χ0) is 23.4. The van der Waals surface area contributed by atoms with Crippen LogP contribution >= 0.6 is 0 Å². The Morgan fingerprint density at radius 2 is 1.67 bits per heavy atom. The molecule has 0 unspecified atom stereocenters. The molecule has 2 N–H and O–H groups in total. The summed E-state index contributed by atoms with van der Waals surface area (Å²) in [6.07, 6.45) is 3.00. The first-order chi connectivity index (χ1) is 15.8. The molecule has 1 saturated heterocycles. The molecule has 6 nitrogen and oxygen atoms in total. The molecule has 7 heteroatoms. The Labute approximate surface area is 194 Å². The standard InChI is InChI=1S/C26H28N2O4S/c1-19-7-5-6-10-25(19)33(31,32)27-23-18-22(26(29)30)11-12-24(23)28-15-13-21(14-16-28)17-20-8-3-2-4-9-20/h2-12,18,21,27H,13-17H2,1H3,(H,29,30). The van der Waals surface area contributed by atoms with Crippen LogP contribution in [0, 0.1) is 12.8 Å². The lowest BCUT2D eigenvalue weighted by atomic mass is 9.90. The van der Waals surface area contributed by atoms with Gasteiger partial charge in [-0.1, -0.05) is 48.5 Å². The molecule has 0 radical (unpaired) electrons. The molecular formula is C26H28N2O4S. The van der Waals surface area contributed by atoms with E-state index in [1.54, 1.807) is 37.3 Å². The molecule has 0 aliphatic carbocycles. The van der Waals surface area contributed by atoms with Crippen molar-refractivity contribution in [3.8, 4) is 0 Å². The Bertz CT molecular complexity index is 1230. The highest BCUT2D eigenvalue weighted by atomic mass is 32.2. The van der Waals surface area contributed by atoms with Gasteiger partial charge in [0.15, 0.2) is 0 Å². The molecule has 3 aromatic carbocycles.